The Hall–Kier alpha value is -2.39. The van der Waals surface area contributed by atoms with Crippen molar-refractivity contribution in [2.45, 2.75) is 31.4 Å². The van der Waals surface area contributed by atoms with Gasteiger partial charge in [-0.1, -0.05) is 52.3 Å². The molecule has 3 N–H and O–H groups in total. The third kappa shape index (κ3) is 6.32. The number of nitrogens with two attached hydrogens (primary N) is 1. The Morgan fingerprint density at radius 2 is 1.75 bits per heavy atom. The lowest BCUT2D eigenvalue weighted by Gasteiger charge is -2.18. The normalized spacial score (nSPS) is 11.4. The molecule has 0 atom stereocenters. The van der Waals surface area contributed by atoms with E-state index < -0.39 is 10.0 Å². The molecule has 0 radical (unpaired) electrons. The van der Waals surface area contributed by atoms with Crippen molar-refractivity contribution >= 4 is 26.0 Å². The van der Waals surface area contributed by atoms with Crippen LogP contribution in [0, 0.1) is 6.92 Å². The maximum absolute atomic E-state index is 11.4. The minimum atomic E-state index is -3.67. The molecule has 0 unspecified atom stereocenters. The molecule has 0 aromatic heterocycles. The van der Waals surface area contributed by atoms with Crippen molar-refractivity contribution < 1.29 is 17.9 Å². The Balaban J connectivity index is 1.66. The molecule has 0 aliphatic heterocycles. The summed E-state index contributed by atoms with van der Waals surface area (Å²) in [5.74, 6) is 1.38. The number of ether oxygens (including phenoxy) is 2. The zero-order valence-electron chi connectivity index (χ0n) is 18.1. The van der Waals surface area contributed by atoms with Crippen LogP contribution in [-0.4, -0.2) is 22.1 Å². The Bertz CT molecular complexity index is 1170. The molecule has 0 aliphatic carbocycles. The lowest BCUT2D eigenvalue weighted by atomic mass is 10.1. The van der Waals surface area contributed by atoms with Crippen LogP contribution in [0.4, 0.5) is 0 Å². The van der Waals surface area contributed by atoms with Gasteiger partial charge in [0, 0.05) is 16.6 Å². The molecule has 0 amide bonds. The first-order valence-corrected chi connectivity index (χ1v) is 12.5. The molecule has 0 saturated carbocycles. The fourth-order valence-electron chi connectivity index (χ4n) is 3.28. The summed E-state index contributed by atoms with van der Waals surface area (Å²) < 4.78 is 35.4. The number of sulfonamides is 1. The first-order valence-electron chi connectivity index (χ1n) is 10.1. The van der Waals surface area contributed by atoms with Crippen LogP contribution in [0.2, 0.25) is 0 Å². The van der Waals surface area contributed by atoms with E-state index in [0.717, 1.165) is 27.6 Å². The topological polar surface area (TPSA) is 90.6 Å². The molecule has 0 bridgehead atoms. The Morgan fingerprint density at radius 3 is 2.41 bits per heavy atom. The van der Waals surface area contributed by atoms with Crippen molar-refractivity contribution in [1.29, 1.82) is 0 Å². The molecule has 6 nitrogen and oxygen atoms in total. The lowest BCUT2D eigenvalue weighted by molar-refractivity contribution is 0.280. The van der Waals surface area contributed by atoms with Gasteiger partial charge >= 0.3 is 0 Å². The standard InChI is InChI=1S/C24H27BrN2O4S/c1-17-5-3-4-6-19(17)16-31-24-21(22(25)11-12-23(24)30-2)15-27-14-13-18-7-9-20(10-8-18)32(26,28)29/h3-12,27H,13-16H2,1-2H3,(H2,26,28,29). The van der Waals surface area contributed by atoms with Crippen molar-refractivity contribution in [2.24, 2.45) is 5.14 Å². The van der Waals surface area contributed by atoms with Gasteiger partial charge in [0.15, 0.2) is 11.5 Å². The van der Waals surface area contributed by atoms with Crippen molar-refractivity contribution in [3.63, 3.8) is 0 Å². The fourth-order valence-corrected chi connectivity index (χ4v) is 4.25. The fraction of sp³-hybridized carbons (Fsp3) is 0.250. The highest BCUT2D eigenvalue weighted by Gasteiger charge is 2.15. The number of benzene rings is 3. The third-order valence-electron chi connectivity index (χ3n) is 5.16. The number of halogens is 1. The minimum absolute atomic E-state index is 0.116. The average Bonchev–Trinajstić information content (AvgIpc) is 2.77. The molecule has 3 aromatic rings. The second-order valence-corrected chi connectivity index (χ2v) is 9.80. The summed E-state index contributed by atoms with van der Waals surface area (Å²) in [6, 6.07) is 18.6. The first-order chi connectivity index (χ1) is 15.3. The lowest BCUT2D eigenvalue weighted by Crippen LogP contribution is -2.18. The van der Waals surface area contributed by atoms with Gasteiger partial charge < -0.3 is 14.8 Å². The summed E-state index contributed by atoms with van der Waals surface area (Å²) in [5.41, 5.74) is 4.29. The van der Waals surface area contributed by atoms with Gasteiger partial charge in [-0.3, -0.25) is 0 Å². The van der Waals surface area contributed by atoms with Gasteiger partial charge in [0.2, 0.25) is 10.0 Å². The van der Waals surface area contributed by atoms with Gasteiger partial charge in [-0.25, -0.2) is 13.6 Å². The first kappa shape index (κ1) is 24.3. The number of primary sulfonamides is 1. The summed E-state index contributed by atoms with van der Waals surface area (Å²) in [4.78, 5) is 0.116. The smallest absolute Gasteiger partial charge is 0.238 e. The summed E-state index contributed by atoms with van der Waals surface area (Å²) >= 11 is 3.63. The molecule has 0 saturated heterocycles. The Kier molecular flexibility index (Phi) is 8.31. The predicted octanol–water partition coefficient (Wildman–Crippen LogP) is 4.32. The van der Waals surface area contributed by atoms with Gasteiger partial charge in [-0.05, 0) is 60.8 Å². The third-order valence-corrected chi connectivity index (χ3v) is 6.84. The quantitative estimate of drug-likeness (QED) is 0.390. The summed E-state index contributed by atoms with van der Waals surface area (Å²) in [7, 11) is -2.04. The number of hydrogen-bond donors (Lipinski definition) is 2. The number of nitrogens with one attached hydrogen (secondary N) is 1. The van der Waals surface area contributed by atoms with Gasteiger partial charge in [0.1, 0.15) is 6.61 Å². The summed E-state index contributed by atoms with van der Waals surface area (Å²) in [5, 5.41) is 8.58. The van der Waals surface area contributed by atoms with Crippen LogP contribution in [0.3, 0.4) is 0 Å². The van der Waals surface area contributed by atoms with Crippen molar-refractivity contribution in [2.75, 3.05) is 13.7 Å². The molecule has 3 rings (SSSR count). The van der Waals surface area contributed by atoms with Gasteiger partial charge in [0.25, 0.3) is 0 Å². The van der Waals surface area contributed by atoms with E-state index in [1.165, 1.54) is 17.7 Å². The zero-order valence-corrected chi connectivity index (χ0v) is 20.5. The molecule has 32 heavy (non-hydrogen) atoms. The van der Waals surface area contributed by atoms with E-state index in [1.54, 1.807) is 19.2 Å². The van der Waals surface area contributed by atoms with Crippen LogP contribution in [-0.2, 0) is 29.6 Å². The molecule has 0 aliphatic rings. The molecule has 170 valence electrons. The van der Waals surface area contributed by atoms with E-state index >= 15 is 0 Å². The van der Waals surface area contributed by atoms with Crippen LogP contribution >= 0.6 is 15.9 Å². The number of methoxy groups -OCH3 is 1. The van der Waals surface area contributed by atoms with Gasteiger partial charge in [0.05, 0.1) is 12.0 Å². The maximum atomic E-state index is 11.4. The van der Waals surface area contributed by atoms with E-state index in [1.807, 2.05) is 24.3 Å². The molecule has 0 spiro atoms. The van der Waals surface area contributed by atoms with Crippen LogP contribution < -0.4 is 19.9 Å². The van der Waals surface area contributed by atoms with Crippen molar-refractivity contribution in [3.05, 3.63) is 87.4 Å². The second-order valence-electron chi connectivity index (χ2n) is 7.39. The minimum Gasteiger partial charge on any atom is -0.493 e. The SMILES string of the molecule is COc1ccc(Br)c(CNCCc2ccc(S(N)(=O)=O)cc2)c1OCc1ccccc1C. The average molecular weight is 519 g/mol. The largest absolute Gasteiger partial charge is 0.493 e. The number of hydrogen-bond acceptors (Lipinski definition) is 5. The molecule has 3 aromatic carbocycles. The van der Waals surface area contributed by atoms with E-state index in [0.29, 0.717) is 31.2 Å². The van der Waals surface area contributed by atoms with Crippen molar-refractivity contribution in [3.8, 4) is 11.5 Å². The van der Waals surface area contributed by atoms with E-state index in [9.17, 15) is 8.42 Å². The number of aryl methyl sites for hydroxylation is 1. The molecule has 8 heteroatoms. The van der Waals surface area contributed by atoms with E-state index in [-0.39, 0.29) is 4.90 Å². The second kappa shape index (κ2) is 11.0. The summed E-state index contributed by atoms with van der Waals surface area (Å²) in [6.07, 6.45) is 0.742. The monoisotopic (exact) mass is 518 g/mol. The van der Waals surface area contributed by atoms with Gasteiger partial charge in [-0.15, -0.1) is 0 Å². The highest BCUT2D eigenvalue weighted by Crippen LogP contribution is 2.37. The van der Waals surface area contributed by atoms with E-state index in [4.69, 9.17) is 14.6 Å². The maximum Gasteiger partial charge on any atom is 0.238 e. The zero-order chi connectivity index (χ0) is 23.1. The molecular formula is C24H27BrN2O4S. The Labute approximate surface area is 197 Å². The van der Waals surface area contributed by atoms with Crippen LogP contribution in [0.5, 0.6) is 11.5 Å². The van der Waals surface area contributed by atoms with Crippen LogP contribution in [0.1, 0.15) is 22.3 Å². The molecule has 0 fully saturated rings. The Morgan fingerprint density at radius 1 is 1.03 bits per heavy atom. The van der Waals surface area contributed by atoms with Crippen LogP contribution in [0.25, 0.3) is 0 Å². The summed E-state index contributed by atoms with van der Waals surface area (Å²) in [6.45, 7) is 3.80. The molecular weight excluding hydrogens is 492 g/mol. The predicted molar refractivity (Wildman–Crippen MR) is 129 cm³/mol. The van der Waals surface area contributed by atoms with Crippen LogP contribution in [0.15, 0.2) is 70.0 Å². The number of rotatable bonds is 10. The van der Waals surface area contributed by atoms with Crippen molar-refractivity contribution in [1.82, 2.24) is 5.32 Å². The molecule has 0 heterocycles. The highest BCUT2D eigenvalue weighted by molar-refractivity contribution is 9.10. The van der Waals surface area contributed by atoms with E-state index in [2.05, 4.69) is 40.3 Å². The highest BCUT2D eigenvalue weighted by atomic mass is 79.9. The van der Waals surface area contributed by atoms with Gasteiger partial charge in [-0.2, -0.15) is 0 Å².